The highest BCUT2D eigenvalue weighted by Crippen LogP contribution is 2.36. The van der Waals surface area contributed by atoms with E-state index in [1.54, 1.807) is 11.0 Å². The third-order valence-electron chi connectivity index (χ3n) is 4.24. The molecule has 3 rings (SSSR count). The quantitative estimate of drug-likeness (QED) is 0.633. The highest BCUT2D eigenvalue weighted by molar-refractivity contribution is 5.79. The molecule has 2 saturated heterocycles. The summed E-state index contributed by atoms with van der Waals surface area (Å²) in [5.41, 5.74) is 0.938. The Morgan fingerprint density at radius 2 is 2.18 bits per heavy atom. The molecule has 0 unspecified atom stereocenters. The lowest BCUT2D eigenvalue weighted by atomic mass is 9.96. The number of hydrogen-bond acceptors (Lipinski definition) is 4. The van der Waals surface area contributed by atoms with Gasteiger partial charge >= 0.3 is 12.1 Å². The molecule has 1 aromatic carbocycles. The van der Waals surface area contributed by atoms with E-state index in [1.165, 1.54) is 0 Å². The van der Waals surface area contributed by atoms with Gasteiger partial charge in [0.05, 0.1) is 12.0 Å². The SMILES string of the molecule is C=CC[C@H]1C(=O)O[C@H]2CCN(C(=O)OCc3ccccc3)[C@@H]21. The molecule has 2 heterocycles. The number of fused-ring (bicyclic) bond motifs is 1. The predicted octanol–water partition coefficient (Wildman–Crippen LogP) is 2.52. The highest BCUT2D eigenvalue weighted by Gasteiger charge is 2.52. The molecule has 2 aliphatic heterocycles. The van der Waals surface area contributed by atoms with Gasteiger partial charge in [-0.1, -0.05) is 36.4 Å². The molecule has 0 spiro atoms. The number of allylic oxidation sites excluding steroid dienone is 1. The number of benzene rings is 1. The third-order valence-corrected chi connectivity index (χ3v) is 4.24. The minimum absolute atomic E-state index is 0.207. The first kappa shape index (κ1) is 14.6. The minimum Gasteiger partial charge on any atom is -0.460 e. The number of amides is 1. The van der Waals surface area contributed by atoms with E-state index >= 15 is 0 Å². The van der Waals surface area contributed by atoms with Crippen LogP contribution in [0.1, 0.15) is 18.4 Å². The molecule has 0 bridgehead atoms. The lowest BCUT2D eigenvalue weighted by Crippen LogP contribution is -2.42. The second-order valence-electron chi connectivity index (χ2n) is 5.62. The molecule has 22 heavy (non-hydrogen) atoms. The first-order valence-electron chi connectivity index (χ1n) is 7.49. The average Bonchev–Trinajstić information content (AvgIpc) is 3.06. The largest absolute Gasteiger partial charge is 0.460 e. The van der Waals surface area contributed by atoms with Crippen molar-refractivity contribution in [3.63, 3.8) is 0 Å². The molecule has 0 saturated carbocycles. The Kier molecular flexibility index (Phi) is 4.13. The summed E-state index contributed by atoms with van der Waals surface area (Å²) in [7, 11) is 0. The molecule has 2 fully saturated rings. The van der Waals surface area contributed by atoms with Crippen LogP contribution < -0.4 is 0 Å². The van der Waals surface area contributed by atoms with Gasteiger partial charge in [0.2, 0.25) is 0 Å². The molecule has 1 amide bonds. The summed E-state index contributed by atoms with van der Waals surface area (Å²) in [6.45, 7) is 4.47. The summed E-state index contributed by atoms with van der Waals surface area (Å²) in [5, 5.41) is 0. The van der Waals surface area contributed by atoms with E-state index in [9.17, 15) is 9.59 Å². The lowest BCUT2D eigenvalue weighted by molar-refractivity contribution is -0.144. The fourth-order valence-corrected chi connectivity index (χ4v) is 3.20. The smallest absolute Gasteiger partial charge is 0.410 e. The van der Waals surface area contributed by atoms with Crippen LogP contribution >= 0.6 is 0 Å². The summed E-state index contributed by atoms with van der Waals surface area (Å²) < 4.78 is 10.7. The Morgan fingerprint density at radius 3 is 2.91 bits per heavy atom. The van der Waals surface area contributed by atoms with E-state index in [2.05, 4.69) is 6.58 Å². The van der Waals surface area contributed by atoms with Crippen molar-refractivity contribution >= 4 is 12.1 Å². The van der Waals surface area contributed by atoms with Crippen molar-refractivity contribution in [2.45, 2.75) is 31.6 Å². The van der Waals surface area contributed by atoms with E-state index in [1.807, 2.05) is 30.3 Å². The zero-order valence-electron chi connectivity index (χ0n) is 12.3. The number of ether oxygens (including phenoxy) is 2. The van der Waals surface area contributed by atoms with Crippen LogP contribution in [0, 0.1) is 5.92 Å². The molecule has 5 nitrogen and oxygen atoms in total. The van der Waals surface area contributed by atoms with Crippen molar-refractivity contribution in [3.8, 4) is 0 Å². The van der Waals surface area contributed by atoms with E-state index in [4.69, 9.17) is 9.47 Å². The molecule has 116 valence electrons. The van der Waals surface area contributed by atoms with Crippen LogP contribution in [0.4, 0.5) is 4.79 Å². The summed E-state index contributed by atoms with van der Waals surface area (Å²) in [6.07, 6.45) is 2.29. The maximum atomic E-state index is 12.3. The van der Waals surface area contributed by atoms with Gasteiger partial charge in [-0.15, -0.1) is 6.58 Å². The van der Waals surface area contributed by atoms with Gasteiger partial charge in [0, 0.05) is 13.0 Å². The summed E-state index contributed by atoms with van der Waals surface area (Å²) >= 11 is 0. The Labute approximate surface area is 129 Å². The third kappa shape index (κ3) is 2.71. The Hall–Kier alpha value is -2.30. The number of likely N-dealkylation sites (tertiary alicyclic amines) is 1. The second kappa shape index (κ2) is 6.22. The molecule has 2 aliphatic rings. The average molecular weight is 301 g/mol. The van der Waals surface area contributed by atoms with Gasteiger partial charge in [-0.25, -0.2) is 4.79 Å². The topological polar surface area (TPSA) is 55.8 Å². The summed E-state index contributed by atoms with van der Waals surface area (Å²) in [5.74, 6) is -0.565. The number of rotatable bonds is 4. The van der Waals surface area contributed by atoms with E-state index in [0.29, 0.717) is 19.4 Å². The van der Waals surface area contributed by atoms with Crippen LogP contribution in [0.25, 0.3) is 0 Å². The number of hydrogen-bond donors (Lipinski definition) is 0. The van der Waals surface area contributed by atoms with Crippen molar-refractivity contribution in [2.75, 3.05) is 6.54 Å². The van der Waals surface area contributed by atoms with Gasteiger partial charge in [0.25, 0.3) is 0 Å². The van der Waals surface area contributed by atoms with Crippen molar-refractivity contribution in [2.24, 2.45) is 5.92 Å². The van der Waals surface area contributed by atoms with Crippen LogP contribution in [0.15, 0.2) is 43.0 Å². The van der Waals surface area contributed by atoms with E-state index < -0.39 is 0 Å². The van der Waals surface area contributed by atoms with Crippen LogP contribution in [0.3, 0.4) is 0 Å². The molecule has 0 N–H and O–H groups in total. The molecule has 1 aromatic rings. The number of carbonyl (C=O) groups excluding carboxylic acids is 2. The minimum atomic E-state index is -0.385. The maximum Gasteiger partial charge on any atom is 0.410 e. The number of carbonyl (C=O) groups is 2. The van der Waals surface area contributed by atoms with Gasteiger partial charge in [0.15, 0.2) is 0 Å². The Balaban J connectivity index is 1.65. The first-order chi connectivity index (χ1) is 10.7. The standard InChI is InChI=1S/C17H19NO4/c1-2-6-13-15-14(22-16(13)19)9-10-18(15)17(20)21-11-12-7-4-3-5-8-12/h2-5,7-8,13-15H,1,6,9-11H2/t13-,14+,15-/m1/s1. The monoisotopic (exact) mass is 301 g/mol. The lowest BCUT2D eigenvalue weighted by Gasteiger charge is -2.25. The van der Waals surface area contributed by atoms with Crippen molar-refractivity contribution in [1.29, 1.82) is 0 Å². The van der Waals surface area contributed by atoms with Crippen LogP contribution in [0.2, 0.25) is 0 Å². The second-order valence-corrected chi connectivity index (χ2v) is 5.62. The van der Waals surface area contributed by atoms with E-state index in [-0.39, 0.29) is 36.7 Å². The van der Waals surface area contributed by atoms with Crippen LogP contribution in [-0.4, -0.2) is 35.7 Å². The van der Waals surface area contributed by atoms with Crippen molar-refractivity contribution < 1.29 is 19.1 Å². The van der Waals surface area contributed by atoms with Gasteiger partial charge < -0.3 is 14.4 Å². The van der Waals surface area contributed by atoms with E-state index in [0.717, 1.165) is 5.56 Å². The summed E-state index contributed by atoms with van der Waals surface area (Å²) in [4.78, 5) is 25.8. The predicted molar refractivity (Wildman–Crippen MR) is 79.9 cm³/mol. The Bertz CT molecular complexity index is 571. The van der Waals surface area contributed by atoms with Crippen LogP contribution in [0.5, 0.6) is 0 Å². The van der Waals surface area contributed by atoms with Gasteiger partial charge in [-0.3, -0.25) is 4.79 Å². The highest BCUT2D eigenvalue weighted by atomic mass is 16.6. The van der Waals surface area contributed by atoms with Gasteiger partial charge in [-0.05, 0) is 12.0 Å². The normalized spacial score (nSPS) is 26.5. The van der Waals surface area contributed by atoms with Crippen LogP contribution in [-0.2, 0) is 20.9 Å². The zero-order chi connectivity index (χ0) is 15.5. The maximum absolute atomic E-state index is 12.3. The number of nitrogens with zero attached hydrogens (tertiary/aromatic N) is 1. The summed E-state index contributed by atoms with van der Waals surface area (Å²) in [6, 6.07) is 9.30. The fourth-order valence-electron chi connectivity index (χ4n) is 3.20. The fraction of sp³-hybridized carbons (Fsp3) is 0.412. The zero-order valence-corrected chi connectivity index (χ0v) is 12.3. The molecule has 0 aromatic heterocycles. The number of esters is 1. The molecule has 5 heteroatoms. The van der Waals surface area contributed by atoms with Gasteiger partial charge in [0.1, 0.15) is 12.7 Å². The molecular formula is C17H19NO4. The molecular weight excluding hydrogens is 282 g/mol. The van der Waals surface area contributed by atoms with Crippen molar-refractivity contribution in [3.05, 3.63) is 48.6 Å². The van der Waals surface area contributed by atoms with Gasteiger partial charge in [-0.2, -0.15) is 0 Å². The Morgan fingerprint density at radius 1 is 1.41 bits per heavy atom. The first-order valence-corrected chi connectivity index (χ1v) is 7.49. The van der Waals surface area contributed by atoms with Crippen molar-refractivity contribution in [1.82, 2.24) is 4.90 Å². The molecule has 0 aliphatic carbocycles. The molecule has 3 atom stereocenters. The molecule has 0 radical (unpaired) electrons.